The van der Waals surface area contributed by atoms with Crippen LogP contribution in [0.5, 0.6) is 0 Å². The van der Waals surface area contributed by atoms with Crippen molar-refractivity contribution in [3.8, 4) is 0 Å². The highest BCUT2D eigenvalue weighted by atomic mass is 19.1. The first-order valence-corrected chi connectivity index (χ1v) is 3.83. The van der Waals surface area contributed by atoms with Gasteiger partial charge in [0.2, 0.25) is 0 Å². The van der Waals surface area contributed by atoms with Gasteiger partial charge in [-0.05, 0) is 24.1 Å². The smallest absolute Gasteiger partial charge is 0.122 e. The molecule has 0 aromatic rings. The number of hydrogen-bond donors (Lipinski definition) is 1. The Morgan fingerprint density at radius 2 is 2.33 bits per heavy atom. The van der Waals surface area contributed by atoms with Crippen molar-refractivity contribution in [3.63, 3.8) is 0 Å². The fourth-order valence-electron chi connectivity index (χ4n) is 0.946. The number of rotatable bonds is 2. The molecule has 0 saturated heterocycles. The van der Waals surface area contributed by atoms with Crippen LogP contribution < -0.4 is 0 Å². The molecule has 1 aliphatic rings. The Balaban J connectivity index is 2.68. The van der Waals surface area contributed by atoms with E-state index in [1.165, 1.54) is 12.2 Å². The average Bonchev–Trinajstić information content (AvgIpc) is 2.27. The lowest BCUT2D eigenvalue weighted by molar-refractivity contribution is 0.342. The molecule has 1 aliphatic carbocycles. The molecule has 0 unspecified atom stereocenters. The third kappa shape index (κ3) is 2.84. The van der Waals surface area contributed by atoms with Crippen LogP contribution in [-0.4, -0.2) is 11.7 Å². The van der Waals surface area contributed by atoms with Crippen molar-refractivity contribution in [1.29, 1.82) is 0 Å². The summed E-state index contributed by atoms with van der Waals surface area (Å²) < 4.78 is 12.6. The Morgan fingerprint density at radius 3 is 3.08 bits per heavy atom. The Hall–Kier alpha value is -1.15. The molecule has 1 N–H and O–H groups in total. The van der Waals surface area contributed by atoms with Gasteiger partial charge in [0.15, 0.2) is 0 Å². The van der Waals surface area contributed by atoms with Gasteiger partial charge in [-0.3, -0.25) is 0 Å². The van der Waals surface area contributed by atoms with E-state index in [4.69, 9.17) is 5.11 Å². The molecule has 1 nitrogen and oxygen atoms in total. The lowest BCUT2D eigenvalue weighted by Crippen LogP contribution is -1.76. The van der Waals surface area contributed by atoms with Crippen LogP contribution in [-0.2, 0) is 0 Å². The van der Waals surface area contributed by atoms with Crippen molar-refractivity contribution in [2.24, 2.45) is 0 Å². The molecule has 0 spiro atoms. The average molecular weight is 166 g/mol. The van der Waals surface area contributed by atoms with Gasteiger partial charge in [0.25, 0.3) is 0 Å². The molecule has 2 heteroatoms. The number of halogens is 1. The minimum atomic E-state index is -0.234. The zero-order valence-corrected chi connectivity index (χ0v) is 6.70. The summed E-state index contributed by atoms with van der Waals surface area (Å²) in [6.45, 7) is 0.0211. The van der Waals surface area contributed by atoms with Gasteiger partial charge in [-0.25, -0.2) is 4.39 Å². The van der Waals surface area contributed by atoms with E-state index in [0.717, 1.165) is 5.57 Å². The molecule has 0 bridgehead atoms. The maximum absolute atomic E-state index is 12.6. The van der Waals surface area contributed by atoms with Crippen molar-refractivity contribution < 1.29 is 9.50 Å². The van der Waals surface area contributed by atoms with Crippen LogP contribution >= 0.6 is 0 Å². The molecule has 0 aliphatic heterocycles. The van der Waals surface area contributed by atoms with Crippen LogP contribution in [0.3, 0.4) is 0 Å². The van der Waals surface area contributed by atoms with Crippen molar-refractivity contribution >= 4 is 0 Å². The summed E-state index contributed by atoms with van der Waals surface area (Å²) in [4.78, 5) is 0. The van der Waals surface area contributed by atoms with Crippen molar-refractivity contribution in [1.82, 2.24) is 0 Å². The minimum absolute atomic E-state index is 0.0211. The van der Waals surface area contributed by atoms with Crippen molar-refractivity contribution in [2.75, 3.05) is 6.61 Å². The maximum atomic E-state index is 12.6. The summed E-state index contributed by atoms with van der Waals surface area (Å²) in [7, 11) is 0. The molecule has 0 heterocycles. The monoisotopic (exact) mass is 166 g/mol. The lowest BCUT2D eigenvalue weighted by Gasteiger charge is -1.92. The molecule has 0 amide bonds. The van der Waals surface area contributed by atoms with Crippen molar-refractivity contribution in [2.45, 2.75) is 6.42 Å². The topological polar surface area (TPSA) is 20.2 Å². The maximum Gasteiger partial charge on any atom is 0.122 e. The third-order valence-corrected chi connectivity index (χ3v) is 1.52. The standard InChI is InChI=1S/C10H11FO/c11-10-5-1-3-9(6-7-10)4-2-8-12/h1-2,4-7,12H,3,8H2/b4-2+. The van der Waals surface area contributed by atoms with E-state index in [1.807, 2.05) is 0 Å². The zero-order chi connectivity index (χ0) is 8.81. The molecule has 0 fully saturated rings. The minimum Gasteiger partial charge on any atom is -0.392 e. The summed E-state index contributed by atoms with van der Waals surface area (Å²) >= 11 is 0. The predicted molar refractivity (Wildman–Crippen MR) is 47.3 cm³/mol. The third-order valence-electron chi connectivity index (χ3n) is 1.52. The van der Waals surface area contributed by atoms with Gasteiger partial charge in [0.05, 0.1) is 6.61 Å². The highest BCUT2D eigenvalue weighted by Crippen LogP contribution is 2.12. The molecule has 0 saturated carbocycles. The van der Waals surface area contributed by atoms with Gasteiger partial charge in [-0.2, -0.15) is 0 Å². The molecular weight excluding hydrogens is 155 g/mol. The molecule has 64 valence electrons. The molecule has 12 heavy (non-hydrogen) atoms. The number of aliphatic hydroxyl groups excluding tert-OH is 1. The molecule has 0 radical (unpaired) electrons. The Bertz CT molecular complexity index is 259. The van der Waals surface area contributed by atoms with E-state index in [-0.39, 0.29) is 12.4 Å². The van der Waals surface area contributed by atoms with E-state index in [1.54, 1.807) is 24.3 Å². The van der Waals surface area contributed by atoms with Crippen LogP contribution in [0, 0.1) is 0 Å². The van der Waals surface area contributed by atoms with E-state index in [0.29, 0.717) is 6.42 Å². The van der Waals surface area contributed by atoms with Gasteiger partial charge >= 0.3 is 0 Å². The van der Waals surface area contributed by atoms with Gasteiger partial charge < -0.3 is 5.11 Å². The second-order valence-corrected chi connectivity index (χ2v) is 2.48. The summed E-state index contributed by atoms with van der Waals surface area (Å²) in [5.41, 5.74) is 0.993. The fraction of sp³-hybridized carbons (Fsp3) is 0.200. The first-order valence-electron chi connectivity index (χ1n) is 3.83. The summed E-state index contributed by atoms with van der Waals surface area (Å²) in [6.07, 6.45) is 10.5. The van der Waals surface area contributed by atoms with E-state index < -0.39 is 0 Å². The fourth-order valence-corrected chi connectivity index (χ4v) is 0.946. The molecular formula is C10H11FO. The number of allylic oxidation sites excluding steroid dienone is 7. The highest BCUT2D eigenvalue weighted by Gasteiger charge is 1.94. The quantitative estimate of drug-likeness (QED) is 0.667. The zero-order valence-electron chi connectivity index (χ0n) is 6.70. The van der Waals surface area contributed by atoms with Crippen LogP contribution in [0.1, 0.15) is 6.42 Å². The largest absolute Gasteiger partial charge is 0.392 e. The van der Waals surface area contributed by atoms with Gasteiger partial charge in [0.1, 0.15) is 5.83 Å². The first kappa shape index (κ1) is 8.94. The molecule has 0 aromatic carbocycles. The predicted octanol–water partition coefficient (Wildman–Crippen LogP) is 2.27. The molecule has 0 aromatic heterocycles. The van der Waals surface area contributed by atoms with Gasteiger partial charge in [-0.1, -0.05) is 24.3 Å². The van der Waals surface area contributed by atoms with Gasteiger partial charge in [0, 0.05) is 0 Å². The first-order chi connectivity index (χ1) is 5.83. The highest BCUT2D eigenvalue weighted by molar-refractivity contribution is 5.32. The summed E-state index contributed by atoms with van der Waals surface area (Å²) in [5.74, 6) is -0.234. The second-order valence-electron chi connectivity index (χ2n) is 2.48. The summed E-state index contributed by atoms with van der Waals surface area (Å²) in [6, 6.07) is 0. The second kappa shape index (κ2) is 4.67. The van der Waals surface area contributed by atoms with Crippen molar-refractivity contribution in [3.05, 3.63) is 47.9 Å². The number of aliphatic hydroxyl groups is 1. The van der Waals surface area contributed by atoms with Crippen LogP contribution in [0.2, 0.25) is 0 Å². The summed E-state index contributed by atoms with van der Waals surface area (Å²) in [5, 5.41) is 8.50. The number of hydrogen-bond acceptors (Lipinski definition) is 1. The Morgan fingerprint density at radius 1 is 1.50 bits per heavy atom. The molecule has 0 atom stereocenters. The van der Waals surface area contributed by atoms with Gasteiger partial charge in [-0.15, -0.1) is 0 Å². The Kier molecular flexibility index (Phi) is 3.48. The van der Waals surface area contributed by atoms with E-state index in [9.17, 15) is 4.39 Å². The molecule has 1 rings (SSSR count). The van der Waals surface area contributed by atoms with E-state index >= 15 is 0 Å². The Labute approximate surface area is 71.2 Å². The normalized spacial score (nSPS) is 17.5. The SMILES string of the molecule is OC/C=C/C1=CC=C(F)C=CC1. The lowest BCUT2D eigenvalue weighted by atomic mass is 10.1. The van der Waals surface area contributed by atoms with Crippen LogP contribution in [0.15, 0.2) is 47.9 Å². The van der Waals surface area contributed by atoms with Crippen LogP contribution in [0.4, 0.5) is 4.39 Å². The van der Waals surface area contributed by atoms with E-state index in [2.05, 4.69) is 0 Å². The van der Waals surface area contributed by atoms with Crippen LogP contribution in [0.25, 0.3) is 0 Å².